The van der Waals surface area contributed by atoms with Gasteiger partial charge in [-0.25, -0.2) is 4.98 Å². The molecule has 1 aromatic carbocycles. The van der Waals surface area contributed by atoms with E-state index in [4.69, 9.17) is 4.74 Å². The highest BCUT2D eigenvalue weighted by Gasteiger charge is 2.30. The van der Waals surface area contributed by atoms with Gasteiger partial charge in [0.25, 0.3) is 5.91 Å². The molecule has 0 spiro atoms. The maximum atomic E-state index is 12.6. The number of carbonyl (C=O) groups excluding carboxylic acids is 1. The number of likely N-dealkylation sites (tertiary alicyclic amines) is 1. The molecular formula is C17H20N2O2S. The fourth-order valence-corrected chi connectivity index (χ4v) is 3.54. The number of hydrogen-bond acceptors (Lipinski definition) is 4. The topological polar surface area (TPSA) is 42.4 Å². The number of carbonyl (C=O) groups is 1. The van der Waals surface area contributed by atoms with Gasteiger partial charge in [0.1, 0.15) is 11.4 Å². The van der Waals surface area contributed by atoms with Crippen LogP contribution in [0.1, 0.15) is 33.9 Å². The molecule has 2 heterocycles. The van der Waals surface area contributed by atoms with Crippen molar-refractivity contribution in [1.82, 2.24) is 9.88 Å². The van der Waals surface area contributed by atoms with Crippen LogP contribution in [0.15, 0.2) is 29.6 Å². The Labute approximate surface area is 134 Å². The van der Waals surface area contributed by atoms with Crippen LogP contribution in [0.5, 0.6) is 5.75 Å². The van der Waals surface area contributed by atoms with Gasteiger partial charge in [0.05, 0.1) is 12.1 Å². The standard InChI is InChI=1S/C17H20N2O2S/c1-12-18-16(11-22-12)17(20)19-9-3-4-14(19)10-13-5-7-15(21-2)8-6-13/h5-8,11,14H,3-4,9-10H2,1-2H3/t14-/m0/s1. The molecule has 1 saturated heterocycles. The minimum absolute atomic E-state index is 0.0698. The third kappa shape index (κ3) is 3.14. The van der Waals surface area contributed by atoms with Crippen molar-refractivity contribution in [3.05, 3.63) is 45.9 Å². The van der Waals surface area contributed by atoms with E-state index in [0.717, 1.165) is 36.6 Å². The molecule has 0 unspecified atom stereocenters. The van der Waals surface area contributed by atoms with E-state index in [0.29, 0.717) is 5.69 Å². The lowest BCUT2D eigenvalue weighted by molar-refractivity contribution is 0.0731. The average molecular weight is 316 g/mol. The zero-order chi connectivity index (χ0) is 15.5. The van der Waals surface area contributed by atoms with Gasteiger partial charge in [-0.15, -0.1) is 11.3 Å². The number of nitrogens with zero attached hydrogens (tertiary/aromatic N) is 2. The first-order valence-corrected chi connectivity index (χ1v) is 8.41. The molecule has 0 N–H and O–H groups in total. The maximum Gasteiger partial charge on any atom is 0.273 e. The SMILES string of the molecule is COc1ccc(C[C@@H]2CCCN2C(=O)c2csc(C)n2)cc1. The van der Waals surface area contributed by atoms with Crippen LogP contribution in [0.3, 0.4) is 0 Å². The number of aromatic nitrogens is 1. The smallest absolute Gasteiger partial charge is 0.273 e. The first-order chi connectivity index (χ1) is 10.7. The largest absolute Gasteiger partial charge is 0.497 e. The second-order valence-corrected chi connectivity index (χ2v) is 6.66. The molecule has 0 bridgehead atoms. The van der Waals surface area contributed by atoms with Gasteiger partial charge < -0.3 is 9.64 Å². The maximum absolute atomic E-state index is 12.6. The van der Waals surface area contributed by atoms with E-state index in [1.165, 1.54) is 16.9 Å². The van der Waals surface area contributed by atoms with Crippen LogP contribution in [0.4, 0.5) is 0 Å². The van der Waals surface area contributed by atoms with Gasteiger partial charge in [0, 0.05) is 18.0 Å². The van der Waals surface area contributed by atoms with Gasteiger partial charge in [-0.2, -0.15) is 0 Å². The van der Waals surface area contributed by atoms with Crippen molar-refractivity contribution < 1.29 is 9.53 Å². The summed E-state index contributed by atoms with van der Waals surface area (Å²) in [5.74, 6) is 0.932. The van der Waals surface area contributed by atoms with Gasteiger partial charge in [0.2, 0.25) is 0 Å². The van der Waals surface area contributed by atoms with E-state index < -0.39 is 0 Å². The van der Waals surface area contributed by atoms with Crippen molar-refractivity contribution >= 4 is 17.2 Å². The van der Waals surface area contributed by atoms with E-state index in [1.54, 1.807) is 7.11 Å². The molecule has 1 aliphatic heterocycles. The molecule has 4 nitrogen and oxygen atoms in total. The zero-order valence-electron chi connectivity index (χ0n) is 12.9. The fraction of sp³-hybridized carbons (Fsp3) is 0.412. The Bertz CT molecular complexity index is 651. The summed E-state index contributed by atoms with van der Waals surface area (Å²) in [6.07, 6.45) is 3.01. The fourth-order valence-electron chi connectivity index (χ4n) is 2.96. The predicted octanol–water partition coefficient (Wildman–Crippen LogP) is 3.31. The molecule has 1 atom stereocenters. The lowest BCUT2D eigenvalue weighted by Crippen LogP contribution is -2.37. The normalized spacial score (nSPS) is 17.7. The molecule has 0 aliphatic carbocycles. The van der Waals surface area contributed by atoms with Crippen LogP contribution in [-0.2, 0) is 6.42 Å². The summed E-state index contributed by atoms with van der Waals surface area (Å²) >= 11 is 1.53. The number of hydrogen-bond donors (Lipinski definition) is 0. The summed E-state index contributed by atoms with van der Waals surface area (Å²) in [5.41, 5.74) is 1.82. The molecule has 1 aromatic heterocycles. The number of ether oxygens (including phenoxy) is 1. The average Bonchev–Trinajstić information content (AvgIpc) is 3.16. The summed E-state index contributed by atoms with van der Waals surface area (Å²) in [6, 6.07) is 8.36. The quantitative estimate of drug-likeness (QED) is 0.869. The van der Waals surface area contributed by atoms with Gasteiger partial charge in [0.15, 0.2) is 0 Å². The Morgan fingerprint density at radius 1 is 1.41 bits per heavy atom. The summed E-state index contributed by atoms with van der Waals surface area (Å²) in [4.78, 5) is 18.9. The number of benzene rings is 1. The van der Waals surface area contributed by atoms with Gasteiger partial charge in [-0.3, -0.25) is 4.79 Å². The van der Waals surface area contributed by atoms with Crippen LogP contribution in [0.25, 0.3) is 0 Å². The van der Waals surface area contributed by atoms with E-state index in [9.17, 15) is 4.79 Å². The second-order valence-electron chi connectivity index (χ2n) is 5.60. The molecule has 1 aliphatic rings. The van der Waals surface area contributed by atoms with Gasteiger partial charge >= 0.3 is 0 Å². The Balaban J connectivity index is 1.71. The molecule has 2 aromatic rings. The Morgan fingerprint density at radius 3 is 2.82 bits per heavy atom. The predicted molar refractivity (Wildman–Crippen MR) is 87.6 cm³/mol. The number of aryl methyl sites for hydroxylation is 1. The van der Waals surface area contributed by atoms with E-state index >= 15 is 0 Å². The molecule has 1 amide bonds. The lowest BCUT2D eigenvalue weighted by atomic mass is 10.0. The van der Waals surface area contributed by atoms with Crippen LogP contribution in [0, 0.1) is 6.92 Å². The van der Waals surface area contributed by atoms with E-state index in [-0.39, 0.29) is 11.9 Å². The Hall–Kier alpha value is -1.88. The monoisotopic (exact) mass is 316 g/mol. The number of rotatable bonds is 4. The second kappa shape index (κ2) is 6.48. The Kier molecular flexibility index (Phi) is 4.43. The van der Waals surface area contributed by atoms with Crippen LogP contribution in [0.2, 0.25) is 0 Å². The lowest BCUT2D eigenvalue weighted by Gasteiger charge is -2.24. The molecule has 3 rings (SSSR count). The number of methoxy groups -OCH3 is 1. The Morgan fingerprint density at radius 2 is 2.18 bits per heavy atom. The highest BCUT2D eigenvalue weighted by atomic mass is 32.1. The minimum Gasteiger partial charge on any atom is -0.497 e. The molecule has 1 fully saturated rings. The van der Waals surface area contributed by atoms with Crippen molar-refractivity contribution in [2.75, 3.05) is 13.7 Å². The van der Waals surface area contributed by atoms with Crippen molar-refractivity contribution in [2.45, 2.75) is 32.2 Å². The first kappa shape index (κ1) is 15.0. The summed E-state index contributed by atoms with van der Waals surface area (Å²) < 4.78 is 5.19. The van der Waals surface area contributed by atoms with Gasteiger partial charge in [-0.05, 0) is 43.9 Å². The zero-order valence-corrected chi connectivity index (χ0v) is 13.7. The van der Waals surface area contributed by atoms with Crippen molar-refractivity contribution in [1.29, 1.82) is 0 Å². The number of amides is 1. The summed E-state index contributed by atoms with van der Waals surface area (Å²) in [7, 11) is 1.67. The van der Waals surface area contributed by atoms with Crippen molar-refractivity contribution in [3.8, 4) is 5.75 Å². The third-order valence-corrected chi connectivity index (χ3v) is 4.88. The van der Waals surface area contributed by atoms with Crippen molar-refractivity contribution in [3.63, 3.8) is 0 Å². The van der Waals surface area contributed by atoms with Crippen LogP contribution >= 0.6 is 11.3 Å². The molecule has 22 heavy (non-hydrogen) atoms. The first-order valence-electron chi connectivity index (χ1n) is 7.53. The summed E-state index contributed by atoms with van der Waals surface area (Å²) in [5, 5.41) is 2.80. The van der Waals surface area contributed by atoms with E-state index in [1.807, 2.05) is 29.3 Å². The highest BCUT2D eigenvalue weighted by molar-refractivity contribution is 7.09. The van der Waals surface area contributed by atoms with Crippen molar-refractivity contribution in [2.24, 2.45) is 0 Å². The van der Waals surface area contributed by atoms with Gasteiger partial charge in [-0.1, -0.05) is 12.1 Å². The van der Waals surface area contributed by atoms with E-state index in [2.05, 4.69) is 17.1 Å². The van der Waals surface area contributed by atoms with Crippen LogP contribution in [-0.4, -0.2) is 35.5 Å². The molecular weight excluding hydrogens is 296 g/mol. The highest BCUT2D eigenvalue weighted by Crippen LogP contribution is 2.24. The third-order valence-electron chi connectivity index (χ3n) is 4.11. The number of thiazole rings is 1. The summed E-state index contributed by atoms with van der Waals surface area (Å²) in [6.45, 7) is 2.76. The molecule has 5 heteroatoms. The molecule has 0 saturated carbocycles. The van der Waals surface area contributed by atoms with Crippen LogP contribution < -0.4 is 4.74 Å². The molecule has 116 valence electrons. The minimum atomic E-state index is 0.0698. The molecule has 0 radical (unpaired) electrons.